The predicted molar refractivity (Wildman–Crippen MR) is 99.3 cm³/mol. The summed E-state index contributed by atoms with van der Waals surface area (Å²) in [5, 5.41) is 23.5. The molecule has 0 aromatic carbocycles. The second kappa shape index (κ2) is 8.78. The lowest BCUT2D eigenvalue weighted by Gasteiger charge is -2.27. The maximum absolute atomic E-state index is 12.7. The fraction of sp³-hybridized carbons (Fsp3) is 0.316. The Balaban J connectivity index is 1.83. The van der Waals surface area contributed by atoms with E-state index in [9.17, 15) is 37.8 Å². The number of carbonyl (C=O) groups excluding carboxylic acids is 3. The molecular formula is C19H17F3N5O5-. The van der Waals surface area contributed by atoms with E-state index >= 15 is 0 Å². The molecule has 2 aromatic heterocycles. The van der Waals surface area contributed by atoms with Gasteiger partial charge in [-0.25, -0.2) is 0 Å². The number of hydrogen-bond donors (Lipinski definition) is 3. The average Bonchev–Trinajstić information content (AvgIpc) is 3.13. The highest BCUT2D eigenvalue weighted by Crippen LogP contribution is 2.29. The van der Waals surface area contributed by atoms with Crippen molar-refractivity contribution < 1.29 is 37.8 Å². The molecule has 13 heteroatoms. The number of nitrogens with two attached hydrogens (primary N) is 1. The van der Waals surface area contributed by atoms with Gasteiger partial charge in [0.15, 0.2) is 0 Å². The molecular weight excluding hydrogens is 435 g/mol. The maximum atomic E-state index is 12.7. The number of carboxylic acid groups (broad SMARTS) is 1. The lowest BCUT2D eigenvalue weighted by molar-refractivity contribution is -0.266. The summed E-state index contributed by atoms with van der Waals surface area (Å²) in [6, 6.07) is 1.89. The summed E-state index contributed by atoms with van der Waals surface area (Å²) in [5.41, 5.74) is 4.74. The molecule has 0 bridgehead atoms. The molecule has 1 fully saturated rings. The largest absolute Gasteiger partial charge is 0.530 e. The van der Waals surface area contributed by atoms with Crippen molar-refractivity contribution in [2.75, 3.05) is 6.54 Å². The van der Waals surface area contributed by atoms with Gasteiger partial charge >= 0.3 is 6.18 Å². The minimum absolute atomic E-state index is 0.0545. The van der Waals surface area contributed by atoms with E-state index in [2.05, 4.69) is 15.3 Å². The van der Waals surface area contributed by atoms with Crippen LogP contribution in [0, 0.1) is 0 Å². The fourth-order valence-corrected chi connectivity index (χ4v) is 3.32. The van der Waals surface area contributed by atoms with Gasteiger partial charge in [0.2, 0.25) is 5.91 Å². The van der Waals surface area contributed by atoms with Crippen molar-refractivity contribution in [2.24, 2.45) is 5.73 Å². The molecule has 0 radical (unpaired) electrons. The Hall–Kier alpha value is -3.74. The van der Waals surface area contributed by atoms with Crippen molar-refractivity contribution in [3.8, 4) is 11.3 Å². The number of likely N-dealkylation sites (tertiary alicyclic amines) is 1. The number of amides is 3. The van der Waals surface area contributed by atoms with Gasteiger partial charge in [0.1, 0.15) is 17.8 Å². The number of aliphatic hydroxyl groups excluding tert-OH is 1. The van der Waals surface area contributed by atoms with Crippen LogP contribution in [-0.4, -0.2) is 56.6 Å². The number of pyridine rings is 2. The molecule has 3 rings (SSSR count). The number of alkyl halides is 3. The number of nitrogens with one attached hydrogen (secondary N) is 1. The summed E-state index contributed by atoms with van der Waals surface area (Å²) in [6.45, 7) is -0.362. The van der Waals surface area contributed by atoms with Crippen LogP contribution in [0.4, 0.5) is 18.0 Å². The number of hydrogen-bond acceptors (Lipinski definition) is 7. The van der Waals surface area contributed by atoms with Gasteiger partial charge < -0.3 is 31.0 Å². The highest BCUT2D eigenvalue weighted by atomic mass is 19.4. The van der Waals surface area contributed by atoms with Crippen LogP contribution in [0.1, 0.15) is 28.0 Å². The monoisotopic (exact) mass is 452 g/mol. The minimum atomic E-state index is -4.61. The van der Waals surface area contributed by atoms with E-state index in [-0.39, 0.29) is 41.9 Å². The van der Waals surface area contributed by atoms with Crippen LogP contribution in [0.25, 0.3) is 11.3 Å². The molecule has 170 valence electrons. The second-order valence-electron chi connectivity index (χ2n) is 7.00. The Kier molecular flexibility index (Phi) is 6.30. The Morgan fingerprint density at radius 1 is 1.25 bits per heavy atom. The van der Waals surface area contributed by atoms with E-state index in [1.54, 1.807) is 0 Å². The summed E-state index contributed by atoms with van der Waals surface area (Å²) in [6.07, 6.45) is -5.32. The first-order valence-corrected chi connectivity index (χ1v) is 9.24. The first-order valence-electron chi connectivity index (χ1n) is 9.24. The molecule has 0 unspecified atom stereocenters. The summed E-state index contributed by atoms with van der Waals surface area (Å²) in [4.78, 5) is 43.4. The van der Waals surface area contributed by atoms with Crippen LogP contribution in [0.5, 0.6) is 0 Å². The fourth-order valence-electron chi connectivity index (χ4n) is 3.32. The van der Waals surface area contributed by atoms with Crippen molar-refractivity contribution >= 4 is 17.9 Å². The molecule has 3 amide bonds. The third kappa shape index (κ3) is 4.77. The molecule has 0 spiro atoms. The van der Waals surface area contributed by atoms with E-state index in [0.29, 0.717) is 4.90 Å². The molecule has 0 aliphatic carbocycles. The minimum Gasteiger partial charge on any atom is -0.530 e. The number of nitrogens with zero attached hydrogens (tertiary/aromatic N) is 3. The molecule has 0 saturated carbocycles. The standard InChI is InChI=1S/C19H18F3N5O5/c20-19(21,22)14-2-1-9(6-25-14)12-5-10(11(8-24-12)16(23)29)7-26-17(30)15-13(28)3-4-27(15)18(31)32/h1-2,5-6,8,13,15,28H,3-4,7H2,(H2,23,29)(H,26,30)(H,31,32)/p-1/t13-,15+/m1/s1. The molecule has 1 saturated heterocycles. The Labute approximate surface area is 178 Å². The Bertz CT molecular complexity index is 1040. The highest BCUT2D eigenvalue weighted by molar-refractivity contribution is 5.94. The number of carbonyl (C=O) groups is 3. The lowest BCUT2D eigenvalue weighted by atomic mass is 10.0. The van der Waals surface area contributed by atoms with Gasteiger partial charge in [0.05, 0.1) is 17.4 Å². The van der Waals surface area contributed by atoms with Crippen LogP contribution in [0.15, 0.2) is 30.6 Å². The number of halogens is 3. The van der Waals surface area contributed by atoms with E-state index in [0.717, 1.165) is 24.5 Å². The SMILES string of the molecule is NC(=O)c1cnc(-c2ccc(C(F)(F)F)nc2)cc1CNC(=O)[C@@H]1[C@H](O)CCN1C(=O)[O-]. The summed E-state index contributed by atoms with van der Waals surface area (Å²) in [7, 11) is 0. The van der Waals surface area contributed by atoms with Gasteiger partial charge in [-0.2, -0.15) is 13.2 Å². The number of aliphatic hydroxyl groups is 1. The first-order chi connectivity index (χ1) is 15.0. The number of primary amides is 1. The summed E-state index contributed by atoms with van der Waals surface area (Å²) < 4.78 is 38.1. The average molecular weight is 452 g/mol. The molecule has 32 heavy (non-hydrogen) atoms. The first kappa shape index (κ1) is 22.9. The van der Waals surface area contributed by atoms with Crippen LogP contribution < -0.4 is 16.2 Å². The number of rotatable bonds is 5. The third-order valence-electron chi connectivity index (χ3n) is 4.93. The molecule has 4 N–H and O–H groups in total. The van der Waals surface area contributed by atoms with Crippen LogP contribution in [0.3, 0.4) is 0 Å². The smallest absolute Gasteiger partial charge is 0.433 e. The van der Waals surface area contributed by atoms with Gasteiger partial charge in [0, 0.05) is 31.0 Å². The Morgan fingerprint density at radius 3 is 2.53 bits per heavy atom. The van der Waals surface area contributed by atoms with E-state index < -0.39 is 41.9 Å². The van der Waals surface area contributed by atoms with Crippen LogP contribution in [-0.2, 0) is 17.5 Å². The third-order valence-corrected chi connectivity index (χ3v) is 4.93. The second-order valence-corrected chi connectivity index (χ2v) is 7.00. The molecule has 2 atom stereocenters. The zero-order chi connectivity index (χ0) is 23.6. The molecule has 2 aromatic rings. The zero-order valence-corrected chi connectivity index (χ0v) is 16.3. The lowest BCUT2D eigenvalue weighted by Crippen LogP contribution is -2.53. The predicted octanol–water partition coefficient (Wildman–Crippen LogP) is -0.344. The quantitative estimate of drug-likeness (QED) is 0.559. The van der Waals surface area contributed by atoms with Crippen LogP contribution >= 0.6 is 0 Å². The molecule has 3 heterocycles. The molecule has 10 nitrogen and oxygen atoms in total. The van der Waals surface area contributed by atoms with E-state index in [1.807, 2.05) is 0 Å². The van der Waals surface area contributed by atoms with Crippen molar-refractivity contribution in [1.82, 2.24) is 20.2 Å². The van der Waals surface area contributed by atoms with Crippen molar-refractivity contribution in [3.63, 3.8) is 0 Å². The van der Waals surface area contributed by atoms with Gasteiger partial charge in [-0.1, -0.05) is 0 Å². The normalized spacial score (nSPS) is 18.4. The number of aromatic nitrogens is 2. The Morgan fingerprint density at radius 2 is 1.97 bits per heavy atom. The summed E-state index contributed by atoms with van der Waals surface area (Å²) >= 11 is 0. The highest BCUT2D eigenvalue weighted by Gasteiger charge is 2.38. The van der Waals surface area contributed by atoms with E-state index in [4.69, 9.17) is 5.73 Å². The van der Waals surface area contributed by atoms with Crippen molar-refractivity contribution in [2.45, 2.75) is 31.3 Å². The molecule has 1 aliphatic rings. The van der Waals surface area contributed by atoms with Crippen molar-refractivity contribution in [1.29, 1.82) is 0 Å². The van der Waals surface area contributed by atoms with Crippen molar-refractivity contribution in [3.05, 3.63) is 47.4 Å². The summed E-state index contributed by atoms with van der Waals surface area (Å²) in [5.74, 6) is -1.68. The van der Waals surface area contributed by atoms with Gasteiger partial charge in [0.25, 0.3) is 5.91 Å². The topological polar surface area (TPSA) is 162 Å². The molecule has 1 aliphatic heterocycles. The zero-order valence-electron chi connectivity index (χ0n) is 16.3. The van der Waals surface area contributed by atoms with Gasteiger partial charge in [-0.05, 0) is 30.2 Å². The van der Waals surface area contributed by atoms with E-state index in [1.165, 1.54) is 6.07 Å². The van der Waals surface area contributed by atoms with Crippen LogP contribution in [0.2, 0.25) is 0 Å². The van der Waals surface area contributed by atoms with Gasteiger partial charge in [-0.15, -0.1) is 0 Å². The van der Waals surface area contributed by atoms with Gasteiger partial charge in [-0.3, -0.25) is 19.6 Å². The maximum Gasteiger partial charge on any atom is 0.433 e.